The Morgan fingerprint density at radius 2 is 1.93 bits per heavy atom. The maximum absolute atomic E-state index is 12.9. The summed E-state index contributed by atoms with van der Waals surface area (Å²) in [6.45, 7) is 2.51. The normalized spacial score (nSPS) is 23.1. The summed E-state index contributed by atoms with van der Waals surface area (Å²) in [6, 6.07) is 11.5. The third-order valence-electron chi connectivity index (χ3n) is 6.24. The van der Waals surface area contributed by atoms with Gasteiger partial charge in [-0.3, -0.25) is 4.98 Å². The molecule has 0 radical (unpaired) electrons. The highest BCUT2D eigenvalue weighted by Crippen LogP contribution is 2.54. The van der Waals surface area contributed by atoms with Gasteiger partial charge in [0.2, 0.25) is 0 Å². The molecule has 1 aliphatic carbocycles. The molecule has 3 heterocycles. The fourth-order valence-electron chi connectivity index (χ4n) is 4.69. The smallest absolute Gasteiger partial charge is 0.322 e. The standard InChI is InChI=1S/C22H25N3O3/c26-21(25-15-22(9-12-27-13-10-22)20(25)16-3-4-16)24-17-5-7-18(8-6-17)28-19-2-1-11-23-14-19/h1-2,5-8,11,14,16,20H,3-4,9-10,12-13,15H2,(H,24,26). The van der Waals surface area contributed by atoms with Crippen molar-refractivity contribution in [1.29, 1.82) is 0 Å². The van der Waals surface area contributed by atoms with Crippen molar-refractivity contribution in [2.45, 2.75) is 31.7 Å². The first kappa shape index (κ1) is 17.5. The van der Waals surface area contributed by atoms with Crippen molar-refractivity contribution in [3.8, 4) is 11.5 Å². The number of carbonyl (C=O) groups excluding carboxylic acids is 1. The highest BCUT2D eigenvalue weighted by atomic mass is 16.5. The Morgan fingerprint density at radius 1 is 1.14 bits per heavy atom. The molecule has 28 heavy (non-hydrogen) atoms. The molecule has 6 heteroatoms. The SMILES string of the molecule is O=C(Nc1ccc(Oc2cccnc2)cc1)N1CC2(CCOCC2)C1C1CC1. The molecule has 3 fully saturated rings. The van der Waals surface area contributed by atoms with Crippen molar-refractivity contribution in [3.05, 3.63) is 48.8 Å². The largest absolute Gasteiger partial charge is 0.456 e. The first-order valence-electron chi connectivity index (χ1n) is 10.1. The molecule has 1 unspecified atom stereocenters. The monoisotopic (exact) mass is 379 g/mol. The Morgan fingerprint density at radius 3 is 2.61 bits per heavy atom. The summed E-state index contributed by atoms with van der Waals surface area (Å²) in [5.74, 6) is 2.08. The van der Waals surface area contributed by atoms with Crippen LogP contribution in [0.3, 0.4) is 0 Å². The van der Waals surface area contributed by atoms with Crippen molar-refractivity contribution in [2.75, 3.05) is 25.1 Å². The molecule has 1 saturated carbocycles. The van der Waals surface area contributed by atoms with Crippen molar-refractivity contribution >= 4 is 11.7 Å². The van der Waals surface area contributed by atoms with E-state index in [1.54, 1.807) is 12.4 Å². The van der Waals surface area contributed by atoms with Crippen LogP contribution in [-0.4, -0.2) is 41.7 Å². The predicted octanol–water partition coefficient (Wildman–Crippen LogP) is 4.30. The molecule has 6 nitrogen and oxygen atoms in total. The second-order valence-corrected chi connectivity index (χ2v) is 8.13. The third-order valence-corrected chi connectivity index (χ3v) is 6.24. The van der Waals surface area contributed by atoms with Crippen LogP contribution in [0.25, 0.3) is 0 Å². The number of hydrogen-bond acceptors (Lipinski definition) is 4. The van der Waals surface area contributed by atoms with E-state index < -0.39 is 0 Å². The van der Waals surface area contributed by atoms with Crippen LogP contribution in [0.5, 0.6) is 11.5 Å². The number of urea groups is 1. The Balaban J connectivity index is 1.22. The van der Waals surface area contributed by atoms with Crippen molar-refractivity contribution in [3.63, 3.8) is 0 Å². The molecule has 1 N–H and O–H groups in total. The second kappa shape index (κ2) is 7.09. The summed E-state index contributed by atoms with van der Waals surface area (Å²) in [6.07, 6.45) is 8.04. The van der Waals surface area contributed by atoms with E-state index in [0.29, 0.717) is 23.5 Å². The zero-order valence-electron chi connectivity index (χ0n) is 15.8. The molecular formula is C22H25N3O3. The maximum Gasteiger partial charge on any atom is 0.322 e. The van der Waals surface area contributed by atoms with Crippen LogP contribution in [0.4, 0.5) is 10.5 Å². The van der Waals surface area contributed by atoms with E-state index in [-0.39, 0.29) is 11.4 Å². The number of likely N-dealkylation sites (tertiary alicyclic amines) is 1. The fraction of sp³-hybridized carbons (Fsp3) is 0.455. The van der Waals surface area contributed by atoms with Crippen LogP contribution in [0.15, 0.2) is 48.8 Å². The second-order valence-electron chi connectivity index (χ2n) is 8.13. The lowest BCUT2D eigenvalue weighted by atomic mass is 9.64. The van der Waals surface area contributed by atoms with Crippen LogP contribution in [0.2, 0.25) is 0 Å². The highest BCUT2D eigenvalue weighted by Gasteiger charge is 2.59. The molecule has 2 aliphatic heterocycles. The van der Waals surface area contributed by atoms with Crippen LogP contribution >= 0.6 is 0 Å². The minimum absolute atomic E-state index is 0.00921. The van der Waals surface area contributed by atoms with Gasteiger partial charge in [0.05, 0.1) is 6.20 Å². The number of pyridine rings is 1. The van der Waals surface area contributed by atoms with Crippen LogP contribution < -0.4 is 10.1 Å². The van der Waals surface area contributed by atoms with E-state index in [9.17, 15) is 4.79 Å². The number of ether oxygens (including phenoxy) is 2. The van der Waals surface area contributed by atoms with Gasteiger partial charge in [0.1, 0.15) is 11.5 Å². The Bertz CT molecular complexity index is 830. The van der Waals surface area contributed by atoms with E-state index in [4.69, 9.17) is 9.47 Å². The molecule has 3 aliphatic rings. The number of nitrogens with zero attached hydrogens (tertiary/aromatic N) is 2. The average Bonchev–Trinajstić information content (AvgIpc) is 3.54. The number of nitrogens with one attached hydrogen (secondary N) is 1. The van der Waals surface area contributed by atoms with Gasteiger partial charge in [-0.2, -0.15) is 0 Å². The zero-order chi connectivity index (χ0) is 19.0. The quantitative estimate of drug-likeness (QED) is 0.860. The minimum Gasteiger partial charge on any atom is -0.456 e. The Hall–Kier alpha value is -2.60. The van der Waals surface area contributed by atoms with Gasteiger partial charge in [-0.25, -0.2) is 4.79 Å². The van der Waals surface area contributed by atoms with E-state index >= 15 is 0 Å². The molecule has 146 valence electrons. The number of aromatic nitrogens is 1. The molecule has 1 atom stereocenters. The van der Waals surface area contributed by atoms with Crippen molar-refractivity contribution < 1.29 is 14.3 Å². The first-order chi connectivity index (χ1) is 13.7. The van der Waals surface area contributed by atoms with Gasteiger partial charge in [0.25, 0.3) is 0 Å². The zero-order valence-corrected chi connectivity index (χ0v) is 15.8. The number of hydrogen-bond donors (Lipinski definition) is 1. The summed E-state index contributed by atoms with van der Waals surface area (Å²) in [7, 11) is 0. The molecule has 5 rings (SSSR count). The molecule has 1 aromatic heterocycles. The summed E-state index contributed by atoms with van der Waals surface area (Å²) < 4.78 is 11.3. The Labute approximate surface area is 164 Å². The van der Waals surface area contributed by atoms with Gasteiger partial charge in [0.15, 0.2) is 0 Å². The number of rotatable bonds is 4. The summed E-state index contributed by atoms with van der Waals surface area (Å²) in [5, 5.41) is 3.06. The van der Waals surface area contributed by atoms with Gasteiger partial charge < -0.3 is 19.7 Å². The van der Waals surface area contributed by atoms with E-state index in [1.807, 2.05) is 41.3 Å². The molecular weight excluding hydrogens is 354 g/mol. The predicted molar refractivity (Wildman–Crippen MR) is 105 cm³/mol. The third kappa shape index (κ3) is 3.33. The molecule has 0 bridgehead atoms. The Kier molecular flexibility index (Phi) is 4.43. The minimum atomic E-state index is 0.00921. The summed E-state index contributed by atoms with van der Waals surface area (Å²) in [4.78, 5) is 19.0. The van der Waals surface area contributed by atoms with E-state index in [0.717, 1.165) is 38.3 Å². The van der Waals surface area contributed by atoms with Crippen molar-refractivity contribution in [1.82, 2.24) is 9.88 Å². The number of benzene rings is 1. The topological polar surface area (TPSA) is 63.7 Å². The van der Waals surface area contributed by atoms with Gasteiger partial charge in [-0.05, 0) is 68.0 Å². The van der Waals surface area contributed by atoms with Crippen LogP contribution in [0, 0.1) is 11.3 Å². The number of anilines is 1. The van der Waals surface area contributed by atoms with Gasteiger partial charge >= 0.3 is 6.03 Å². The first-order valence-corrected chi connectivity index (χ1v) is 10.1. The number of amides is 2. The molecule has 2 aromatic rings. The lowest BCUT2D eigenvalue weighted by Gasteiger charge is -2.59. The maximum atomic E-state index is 12.9. The van der Waals surface area contributed by atoms with E-state index in [2.05, 4.69) is 10.3 Å². The average molecular weight is 379 g/mol. The lowest BCUT2D eigenvalue weighted by Crippen LogP contribution is -2.69. The van der Waals surface area contributed by atoms with Gasteiger partial charge in [0, 0.05) is 43.1 Å². The molecule has 1 aromatic carbocycles. The summed E-state index contributed by atoms with van der Waals surface area (Å²) >= 11 is 0. The fourth-order valence-corrected chi connectivity index (χ4v) is 4.69. The van der Waals surface area contributed by atoms with E-state index in [1.165, 1.54) is 12.8 Å². The number of carbonyl (C=O) groups is 1. The molecule has 1 spiro atoms. The van der Waals surface area contributed by atoms with Gasteiger partial charge in [-0.1, -0.05) is 0 Å². The van der Waals surface area contributed by atoms with Crippen LogP contribution in [0.1, 0.15) is 25.7 Å². The van der Waals surface area contributed by atoms with Gasteiger partial charge in [-0.15, -0.1) is 0 Å². The molecule has 2 saturated heterocycles. The summed E-state index contributed by atoms with van der Waals surface area (Å²) in [5.41, 5.74) is 1.07. The van der Waals surface area contributed by atoms with Crippen molar-refractivity contribution in [2.24, 2.45) is 11.3 Å². The van der Waals surface area contributed by atoms with Crippen LogP contribution in [-0.2, 0) is 4.74 Å². The molecule has 2 amide bonds. The lowest BCUT2D eigenvalue weighted by molar-refractivity contribution is -0.115. The highest BCUT2D eigenvalue weighted by molar-refractivity contribution is 5.90.